The number of aromatic nitrogens is 2. The molecule has 5 rings (SSSR count). The van der Waals surface area contributed by atoms with E-state index >= 15 is 0 Å². The standard InChI is InChI=1S/C27H26F3N5O4/c28-27(29,30)39-24-3-1-2-18(14-24)26(37)34-12-9-23(10-13-34)38-22-6-4-20(5-7-22)33-25(36)19-16-35(17-19)21-8-11-31-32-15-21/h1-8,11,14-15,19,23H,9-10,12-13,16-17H2,(H,33,36). The van der Waals surface area contributed by atoms with Gasteiger partial charge in [0.25, 0.3) is 5.91 Å². The fraction of sp³-hybridized carbons (Fsp3) is 0.333. The number of halogens is 3. The van der Waals surface area contributed by atoms with Crippen molar-refractivity contribution in [1.29, 1.82) is 0 Å². The Morgan fingerprint density at radius 3 is 2.36 bits per heavy atom. The van der Waals surface area contributed by atoms with Crippen LogP contribution in [0.15, 0.2) is 67.0 Å². The molecule has 2 aromatic carbocycles. The number of piperidine rings is 1. The number of rotatable bonds is 7. The van der Waals surface area contributed by atoms with Crippen molar-refractivity contribution in [3.63, 3.8) is 0 Å². The number of anilines is 2. The van der Waals surface area contributed by atoms with E-state index in [-0.39, 0.29) is 29.4 Å². The van der Waals surface area contributed by atoms with E-state index in [0.29, 0.717) is 50.5 Å². The second-order valence-corrected chi connectivity index (χ2v) is 9.40. The van der Waals surface area contributed by atoms with Crippen molar-refractivity contribution >= 4 is 23.2 Å². The summed E-state index contributed by atoms with van der Waals surface area (Å²) in [4.78, 5) is 29.0. The van der Waals surface area contributed by atoms with Crippen molar-refractivity contribution in [2.45, 2.75) is 25.3 Å². The zero-order valence-electron chi connectivity index (χ0n) is 20.8. The highest BCUT2D eigenvalue weighted by Crippen LogP contribution is 2.27. The van der Waals surface area contributed by atoms with Crippen LogP contribution in [0.5, 0.6) is 11.5 Å². The van der Waals surface area contributed by atoms with Crippen molar-refractivity contribution < 1.29 is 32.2 Å². The van der Waals surface area contributed by atoms with Crippen LogP contribution in [0.2, 0.25) is 0 Å². The number of carbonyl (C=O) groups excluding carboxylic acids is 2. The fourth-order valence-corrected chi connectivity index (χ4v) is 4.57. The summed E-state index contributed by atoms with van der Waals surface area (Å²) in [6.07, 6.45) is -0.487. The molecule has 0 unspecified atom stereocenters. The van der Waals surface area contributed by atoms with Crippen molar-refractivity contribution in [3.8, 4) is 11.5 Å². The summed E-state index contributed by atoms with van der Waals surface area (Å²) in [5.74, 6) is -0.289. The van der Waals surface area contributed by atoms with Gasteiger partial charge in [0.2, 0.25) is 5.91 Å². The van der Waals surface area contributed by atoms with E-state index in [1.165, 1.54) is 12.1 Å². The molecular formula is C27H26F3N5O4. The van der Waals surface area contributed by atoms with Crippen molar-refractivity contribution in [1.82, 2.24) is 15.1 Å². The Kier molecular flexibility index (Phi) is 7.53. The van der Waals surface area contributed by atoms with E-state index in [2.05, 4.69) is 25.2 Å². The number of hydrogen-bond acceptors (Lipinski definition) is 7. The maximum atomic E-state index is 12.8. The number of amides is 2. The highest BCUT2D eigenvalue weighted by molar-refractivity contribution is 5.95. The molecule has 12 heteroatoms. The fourth-order valence-electron chi connectivity index (χ4n) is 4.57. The predicted molar refractivity (Wildman–Crippen MR) is 135 cm³/mol. The van der Waals surface area contributed by atoms with Crippen molar-refractivity contribution in [2.24, 2.45) is 5.92 Å². The monoisotopic (exact) mass is 541 g/mol. The molecule has 2 amide bonds. The van der Waals surface area contributed by atoms with E-state index in [0.717, 1.165) is 17.8 Å². The largest absolute Gasteiger partial charge is 0.573 e. The molecule has 0 radical (unpaired) electrons. The lowest BCUT2D eigenvalue weighted by Crippen LogP contribution is -2.52. The molecule has 0 atom stereocenters. The van der Waals surface area contributed by atoms with Crippen molar-refractivity contribution in [2.75, 3.05) is 36.4 Å². The third-order valence-electron chi connectivity index (χ3n) is 6.65. The molecule has 9 nitrogen and oxygen atoms in total. The average Bonchev–Trinajstić information content (AvgIpc) is 2.89. The number of ether oxygens (including phenoxy) is 2. The second kappa shape index (κ2) is 11.2. The molecule has 0 bridgehead atoms. The molecule has 2 fully saturated rings. The number of nitrogens with zero attached hydrogens (tertiary/aromatic N) is 4. The van der Waals surface area contributed by atoms with Gasteiger partial charge in [-0.1, -0.05) is 6.07 Å². The number of likely N-dealkylation sites (tertiary alicyclic amines) is 1. The summed E-state index contributed by atoms with van der Waals surface area (Å²) in [7, 11) is 0. The SMILES string of the molecule is O=C(Nc1ccc(OC2CCN(C(=O)c3cccc(OC(F)(F)F)c3)CC2)cc1)C1CN(c2ccnnc2)C1. The first-order chi connectivity index (χ1) is 18.7. The van der Waals surface area contributed by atoms with Gasteiger partial charge in [0.1, 0.15) is 17.6 Å². The molecule has 1 aromatic heterocycles. The number of nitrogens with one attached hydrogen (secondary N) is 1. The molecule has 39 heavy (non-hydrogen) atoms. The van der Waals surface area contributed by atoms with Gasteiger partial charge in [-0.3, -0.25) is 9.59 Å². The molecule has 1 N–H and O–H groups in total. The Morgan fingerprint density at radius 2 is 1.69 bits per heavy atom. The van der Waals surface area contributed by atoms with Crippen LogP contribution < -0.4 is 19.7 Å². The molecule has 3 heterocycles. The van der Waals surface area contributed by atoms with E-state index in [1.807, 2.05) is 6.07 Å². The Bertz CT molecular complexity index is 1290. The topological polar surface area (TPSA) is 96.9 Å². The van der Waals surface area contributed by atoms with Crippen LogP contribution in [0.3, 0.4) is 0 Å². The Morgan fingerprint density at radius 1 is 0.949 bits per heavy atom. The minimum absolute atomic E-state index is 0.0468. The second-order valence-electron chi connectivity index (χ2n) is 9.40. The lowest BCUT2D eigenvalue weighted by Gasteiger charge is -2.39. The molecule has 2 aliphatic rings. The molecule has 2 saturated heterocycles. The molecule has 204 valence electrons. The summed E-state index contributed by atoms with van der Waals surface area (Å²) in [5, 5.41) is 10.5. The molecule has 0 spiro atoms. The van der Waals surface area contributed by atoms with Gasteiger partial charge in [-0.15, -0.1) is 13.2 Å². The quantitative estimate of drug-likeness (QED) is 0.481. The van der Waals surface area contributed by atoms with Gasteiger partial charge in [-0.25, -0.2) is 0 Å². The van der Waals surface area contributed by atoms with Gasteiger partial charge in [0.05, 0.1) is 24.0 Å². The van der Waals surface area contributed by atoms with Gasteiger partial charge in [-0.2, -0.15) is 10.2 Å². The highest BCUT2D eigenvalue weighted by atomic mass is 19.4. The maximum Gasteiger partial charge on any atom is 0.573 e. The minimum Gasteiger partial charge on any atom is -0.490 e. The minimum atomic E-state index is -4.82. The maximum absolute atomic E-state index is 12.8. The predicted octanol–water partition coefficient (Wildman–Crippen LogP) is 4.13. The van der Waals surface area contributed by atoms with Crippen LogP contribution >= 0.6 is 0 Å². The molecular weight excluding hydrogens is 515 g/mol. The van der Waals surface area contributed by atoms with Crippen molar-refractivity contribution in [3.05, 3.63) is 72.6 Å². The van der Waals surface area contributed by atoms with Gasteiger partial charge < -0.3 is 24.6 Å². The normalized spacial score (nSPS) is 16.4. The Labute approximate surface area is 222 Å². The smallest absolute Gasteiger partial charge is 0.490 e. The molecule has 3 aromatic rings. The Hall–Kier alpha value is -4.35. The van der Waals surface area contributed by atoms with E-state index in [4.69, 9.17) is 4.74 Å². The lowest BCUT2D eigenvalue weighted by atomic mass is 9.98. The van der Waals surface area contributed by atoms with Crippen LogP contribution in [0.1, 0.15) is 23.2 Å². The van der Waals surface area contributed by atoms with Crippen LogP contribution in [0, 0.1) is 5.92 Å². The summed E-state index contributed by atoms with van der Waals surface area (Å²) in [6.45, 7) is 2.06. The summed E-state index contributed by atoms with van der Waals surface area (Å²) >= 11 is 0. The first kappa shape index (κ1) is 26.3. The third kappa shape index (κ3) is 6.75. The Balaban J connectivity index is 1.06. The van der Waals surface area contributed by atoms with Crippen LogP contribution in [0.4, 0.5) is 24.5 Å². The molecule has 2 aliphatic heterocycles. The molecule has 0 saturated carbocycles. The first-order valence-corrected chi connectivity index (χ1v) is 12.5. The summed E-state index contributed by atoms with van der Waals surface area (Å²) < 4.78 is 47.4. The summed E-state index contributed by atoms with van der Waals surface area (Å²) in [6, 6.07) is 14.1. The molecule has 0 aliphatic carbocycles. The van der Waals surface area contributed by atoms with Gasteiger partial charge in [0, 0.05) is 50.3 Å². The lowest BCUT2D eigenvalue weighted by molar-refractivity contribution is -0.274. The van der Waals surface area contributed by atoms with E-state index in [1.54, 1.807) is 41.6 Å². The van der Waals surface area contributed by atoms with Gasteiger partial charge in [0.15, 0.2) is 0 Å². The van der Waals surface area contributed by atoms with E-state index in [9.17, 15) is 22.8 Å². The number of carbonyl (C=O) groups is 2. The number of alkyl halides is 3. The third-order valence-corrected chi connectivity index (χ3v) is 6.65. The van der Waals surface area contributed by atoms with Gasteiger partial charge >= 0.3 is 6.36 Å². The van der Waals surface area contributed by atoms with E-state index < -0.39 is 12.1 Å². The number of hydrogen-bond donors (Lipinski definition) is 1. The van der Waals surface area contributed by atoms with Crippen LogP contribution in [-0.2, 0) is 4.79 Å². The zero-order chi connectivity index (χ0) is 27.4. The van der Waals surface area contributed by atoms with Gasteiger partial charge in [-0.05, 0) is 48.5 Å². The van der Waals surface area contributed by atoms with Crippen LogP contribution in [0.25, 0.3) is 0 Å². The number of benzene rings is 2. The summed E-state index contributed by atoms with van der Waals surface area (Å²) in [5.41, 5.74) is 1.75. The average molecular weight is 542 g/mol. The van der Waals surface area contributed by atoms with Crippen LogP contribution in [-0.4, -0.2) is 65.6 Å². The first-order valence-electron chi connectivity index (χ1n) is 12.5. The highest BCUT2D eigenvalue weighted by Gasteiger charge is 2.33. The zero-order valence-corrected chi connectivity index (χ0v) is 20.8.